The Kier molecular flexibility index (Phi) is 7.05. The Bertz CT molecular complexity index is 1220. The lowest BCUT2D eigenvalue weighted by molar-refractivity contribution is -0.114. The molecule has 0 unspecified atom stereocenters. The molecule has 168 valence electrons. The van der Waals surface area contributed by atoms with Crippen molar-refractivity contribution in [1.82, 2.24) is 0 Å². The highest BCUT2D eigenvalue weighted by molar-refractivity contribution is 7.91. The van der Waals surface area contributed by atoms with Gasteiger partial charge in [0.2, 0.25) is 15.7 Å². The highest BCUT2D eigenvalue weighted by Gasteiger charge is 2.24. The van der Waals surface area contributed by atoms with E-state index in [2.05, 4.69) is 10.6 Å². The molecule has 0 spiro atoms. The van der Waals surface area contributed by atoms with Crippen molar-refractivity contribution in [1.29, 1.82) is 0 Å². The number of nitrogens with one attached hydrogen (secondary N) is 2. The van der Waals surface area contributed by atoms with Crippen molar-refractivity contribution in [2.45, 2.75) is 23.6 Å². The average Bonchev–Trinajstić information content (AvgIpc) is 2.77. The number of carbonyl (C=O) groups excluding carboxylic acids is 1. The number of amides is 1. The number of hydrogen-bond acceptors (Lipinski definition) is 6. The summed E-state index contributed by atoms with van der Waals surface area (Å²) >= 11 is 0. The van der Waals surface area contributed by atoms with E-state index in [9.17, 15) is 13.2 Å². The molecule has 0 saturated carbocycles. The van der Waals surface area contributed by atoms with Gasteiger partial charge in [-0.25, -0.2) is 8.42 Å². The molecular formula is C24H26N2O5S. The summed E-state index contributed by atoms with van der Waals surface area (Å²) in [7, 11) is -0.719. The third-order valence-corrected chi connectivity index (χ3v) is 6.82. The van der Waals surface area contributed by atoms with Crippen LogP contribution in [0.15, 0.2) is 70.5 Å². The standard InChI is InChI=1S/C24H26N2O5S/c1-16-12-17(2)24(32(28,29)19-8-6-5-7-9-19)20(13-16)25-15-23(27)26-18-10-11-21(30-3)22(14-18)31-4/h5-14,25H,15H2,1-4H3,(H,26,27). The summed E-state index contributed by atoms with van der Waals surface area (Å²) < 4.78 is 37.0. The Balaban J connectivity index is 1.83. The number of anilines is 2. The summed E-state index contributed by atoms with van der Waals surface area (Å²) in [5, 5.41) is 5.77. The van der Waals surface area contributed by atoms with Crippen LogP contribution in [0.5, 0.6) is 11.5 Å². The van der Waals surface area contributed by atoms with Gasteiger partial charge in [-0.1, -0.05) is 24.3 Å². The molecule has 7 nitrogen and oxygen atoms in total. The van der Waals surface area contributed by atoms with Crippen molar-refractivity contribution < 1.29 is 22.7 Å². The maximum Gasteiger partial charge on any atom is 0.243 e. The van der Waals surface area contributed by atoms with Crippen LogP contribution in [0, 0.1) is 13.8 Å². The van der Waals surface area contributed by atoms with Crippen LogP contribution in [-0.2, 0) is 14.6 Å². The Morgan fingerprint density at radius 2 is 1.59 bits per heavy atom. The fraction of sp³-hybridized carbons (Fsp3) is 0.208. The Morgan fingerprint density at radius 1 is 0.906 bits per heavy atom. The second-order valence-electron chi connectivity index (χ2n) is 7.25. The molecule has 2 N–H and O–H groups in total. The zero-order chi connectivity index (χ0) is 23.3. The summed E-state index contributed by atoms with van der Waals surface area (Å²) in [5.41, 5.74) is 2.41. The topological polar surface area (TPSA) is 93.7 Å². The van der Waals surface area contributed by atoms with Gasteiger partial charge >= 0.3 is 0 Å². The van der Waals surface area contributed by atoms with Gasteiger partial charge in [0.25, 0.3) is 0 Å². The highest BCUT2D eigenvalue weighted by atomic mass is 32.2. The number of aryl methyl sites for hydroxylation is 2. The molecule has 0 fully saturated rings. The molecule has 3 aromatic rings. The average molecular weight is 455 g/mol. The number of methoxy groups -OCH3 is 2. The van der Waals surface area contributed by atoms with E-state index in [1.54, 1.807) is 61.5 Å². The van der Waals surface area contributed by atoms with Gasteiger partial charge in [-0.15, -0.1) is 0 Å². The smallest absolute Gasteiger partial charge is 0.243 e. The largest absolute Gasteiger partial charge is 0.493 e. The normalized spacial score (nSPS) is 11.0. The third kappa shape index (κ3) is 5.03. The van der Waals surface area contributed by atoms with E-state index < -0.39 is 9.84 Å². The molecular weight excluding hydrogens is 428 g/mol. The highest BCUT2D eigenvalue weighted by Crippen LogP contribution is 2.32. The second kappa shape index (κ2) is 9.74. The van der Waals surface area contributed by atoms with E-state index in [0.717, 1.165) is 5.56 Å². The number of ether oxygens (including phenoxy) is 2. The van der Waals surface area contributed by atoms with Crippen molar-refractivity contribution in [3.63, 3.8) is 0 Å². The minimum atomic E-state index is -3.77. The van der Waals surface area contributed by atoms with Crippen LogP contribution in [-0.4, -0.2) is 35.1 Å². The van der Waals surface area contributed by atoms with E-state index >= 15 is 0 Å². The molecule has 0 aliphatic rings. The van der Waals surface area contributed by atoms with Gasteiger partial charge in [-0.05, 0) is 55.3 Å². The Morgan fingerprint density at radius 3 is 2.25 bits per heavy atom. The predicted octanol–water partition coefficient (Wildman–Crippen LogP) is 4.20. The quantitative estimate of drug-likeness (QED) is 0.530. The first kappa shape index (κ1) is 23.1. The Hall–Kier alpha value is -3.52. The summed E-state index contributed by atoms with van der Waals surface area (Å²) in [6, 6.07) is 16.8. The van der Waals surface area contributed by atoms with Crippen LogP contribution in [0.1, 0.15) is 11.1 Å². The SMILES string of the molecule is COc1ccc(NC(=O)CNc2cc(C)cc(C)c2S(=O)(=O)c2ccccc2)cc1OC. The van der Waals surface area contributed by atoms with E-state index in [-0.39, 0.29) is 22.2 Å². The molecule has 0 aliphatic heterocycles. The first-order chi connectivity index (χ1) is 15.3. The minimum Gasteiger partial charge on any atom is -0.493 e. The number of hydrogen-bond donors (Lipinski definition) is 2. The van der Waals surface area contributed by atoms with Gasteiger partial charge in [-0.3, -0.25) is 4.79 Å². The van der Waals surface area contributed by atoms with E-state index in [0.29, 0.717) is 28.4 Å². The molecule has 1 amide bonds. The van der Waals surface area contributed by atoms with Crippen LogP contribution in [0.2, 0.25) is 0 Å². The van der Waals surface area contributed by atoms with Crippen molar-refractivity contribution >= 4 is 27.1 Å². The fourth-order valence-corrected chi connectivity index (χ4v) is 5.11. The van der Waals surface area contributed by atoms with Crippen molar-refractivity contribution in [3.05, 3.63) is 71.8 Å². The van der Waals surface area contributed by atoms with Crippen molar-refractivity contribution in [3.8, 4) is 11.5 Å². The summed E-state index contributed by atoms with van der Waals surface area (Å²) in [6.07, 6.45) is 0. The lowest BCUT2D eigenvalue weighted by Gasteiger charge is -2.16. The van der Waals surface area contributed by atoms with E-state index in [4.69, 9.17) is 9.47 Å². The Labute approximate surface area is 188 Å². The van der Waals surface area contributed by atoms with E-state index in [1.165, 1.54) is 14.2 Å². The molecule has 32 heavy (non-hydrogen) atoms. The minimum absolute atomic E-state index is 0.117. The predicted molar refractivity (Wildman–Crippen MR) is 124 cm³/mol. The van der Waals surface area contributed by atoms with Crippen LogP contribution in [0.3, 0.4) is 0 Å². The molecule has 0 bridgehead atoms. The third-order valence-electron chi connectivity index (χ3n) is 4.85. The first-order valence-corrected chi connectivity index (χ1v) is 11.4. The van der Waals surface area contributed by atoms with Gasteiger partial charge < -0.3 is 20.1 Å². The molecule has 0 heterocycles. The van der Waals surface area contributed by atoms with Crippen LogP contribution in [0.4, 0.5) is 11.4 Å². The van der Waals surface area contributed by atoms with Gasteiger partial charge in [-0.2, -0.15) is 0 Å². The summed E-state index contributed by atoms with van der Waals surface area (Å²) in [5.74, 6) is 0.706. The monoisotopic (exact) mass is 454 g/mol. The van der Waals surface area contributed by atoms with Gasteiger partial charge in [0.1, 0.15) is 0 Å². The van der Waals surface area contributed by atoms with Crippen molar-refractivity contribution in [2.24, 2.45) is 0 Å². The second-order valence-corrected chi connectivity index (χ2v) is 9.13. The van der Waals surface area contributed by atoms with Crippen LogP contribution in [0.25, 0.3) is 0 Å². The number of sulfone groups is 1. The van der Waals surface area contributed by atoms with E-state index in [1.807, 2.05) is 13.0 Å². The number of rotatable bonds is 8. The zero-order valence-electron chi connectivity index (χ0n) is 18.4. The maximum atomic E-state index is 13.3. The summed E-state index contributed by atoms with van der Waals surface area (Å²) in [4.78, 5) is 12.9. The lowest BCUT2D eigenvalue weighted by Crippen LogP contribution is -2.23. The van der Waals surface area contributed by atoms with Crippen LogP contribution >= 0.6 is 0 Å². The molecule has 0 radical (unpaired) electrons. The molecule has 8 heteroatoms. The molecule has 3 rings (SSSR count). The fourth-order valence-electron chi connectivity index (χ4n) is 3.45. The number of benzene rings is 3. The number of carbonyl (C=O) groups is 1. The van der Waals surface area contributed by atoms with Crippen molar-refractivity contribution in [2.75, 3.05) is 31.4 Å². The summed E-state index contributed by atoms with van der Waals surface area (Å²) in [6.45, 7) is 3.51. The zero-order valence-corrected chi connectivity index (χ0v) is 19.2. The van der Waals surface area contributed by atoms with Crippen LogP contribution < -0.4 is 20.1 Å². The lowest BCUT2D eigenvalue weighted by atomic mass is 10.1. The molecule has 0 saturated heterocycles. The first-order valence-electron chi connectivity index (χ1n) is 9.93. The van der Waals surface area contributed by atoms with Gasteiger partial charge in [0.05, 0.1) is 36.2 Å². The van der Waals surface area contributed by atoms with Gasteiger partial charge in [0.15, 0.2) is 11.5 Å². The maximum absolute atomic E-state index is 13.3. The molecule has 0 atom stereocenters. The molecule has 0 aliphatic carbocycles. The van der Waals surface area contributed by atoms with Gasteiger partial charge in [0, 0.05) is 11.8 Å². The molecule has 0 aromatic heterocycles. The molecule has 3 aromatic carbocycles.